The van der Waals surface area contributed by atoms with Crippen molar-refractivity contribution in [2.75, 3.05) is 10.7 Å². The molecule has 0 spiro atoms. The van der Waals surface area contributed by atoms with Crippen molar-refractivity contribution in [1.29, 1.82) is 0 Å². The van der Waals surface area contributed by atoms with Crippen LogP contribution in [0.25, 0.3) is 5.69 Å². The van der Waals surface area contributed by atoms with Gasteiger partial charge in [-0.1, -0.05) is 48.2 Å². The monoisotopic (exact) mass is 378 g/mol. The van der Waals surface area contributed by atoms with Gasteiger partial charge in [0.15, 0.2) is 5.16 Å². The number of thioether (sulfide) groups is 1. The van der Waals surface area contributed by atoms with Crippen molar-refractivity contribution >= 4 is 23.4 Å². The predicted octanol–water partition coefficient (Wildman–Crippen LogP) is 3.95. The lowest BCUT2D eigenvalue weighted by Crippen LogP contribution is -2.37. The molecule has 27 heavy (non-hydrogen) atoms. The highest BCUT2D eigenvalue weighted by Crippen LogP contribution is 2.33. The minimum absolute atomic E-state index is 0.106. The zero-order chi connectivity index (χ0) is 19.0. The maximum atomic E-state index is 13.0. The van der Waals surface area contributed by atoms with Crippen LogP contribution in [0, 0.1) is 13.8 Å². The molecule has 4 rings (SSSR count). The smallest absolute Gasteiger partial charge is 0.237 e. The van der Waals surface area contributed by atoms with Gasteiger partial charge in [0.05, 0.1) is 11.4 Å². The Labute approximate surface area is 163 Å². The summed E-state index contributed by atoms with van der Waals surface area (Å²) >= 11 is 1.44. The summed E-state index contributed by atoms with van der Waals surface area (Å²) in [7, 11) is 0. The lowest BCUT2D eigenvalue weighted by atomic mass is 10.1. The summed E-state index contributed by atoms with van der Waals surface area (Å²) in [6.45, 7) is 6.10. The lowest BCUT2D eigenvalue weighted by Gasteiger charge is -2.22. The van der Waals surface area contributed by atoms with Crippen molar-refractivity contribution in [1.82, 2.24) is 14.8 Å². The molecule has 6 heteroatoms. The number of rotatable bonds is 4. The molecule has 1 aromatic heterocycles. The van der Waals surface area contributed by atoms with Crippen LogP contribution in [0.3, 0.4) is 0 Å². The van der Waals surface area contributed by atoms with Gasteiger partial charge in [0.25, 0.3) is 0 Å². The molecule has 3 aromatic rings. The highest BCUT2D eigenvalue weighted by molar-refractivity contribution is 7.99. The second kappa shape index (κ2) is 7.19. The van der Waals surface area contributed by atoms with Gasteiger partial charge < -0.3 is 4.90 Å². The molecule has 1 unspecified atom stereocenters. The number of carbonyl (C=O) groups excluding carboxylic acids is 1. The number of nitrogens with zero attached hydrogens (tertiary/aromatic N) is 4. The number of aromatic nitrogens is 3. The van der Waals surface area contributed by atoms with Gasteiger partial charge in [-0.15, -0.1) is 10.2 Å². The Hall–Kier alpha value is -2.60. The number of hydrogen-bond donors (Lipinski definition) is 0. The minimum atomic E-state index is 0.106. The molecule has 5 nitrogen and oxygen atoms in total. The fourth-order valence-electron chi connectivity index (χ4n) is 3.67. The van der Waals surface area contributed by atoms with E-state index in [-0.39, 0.29) is 11.9 Å². The molecule has 0 aliphatic carbocycles. The summed E-state index contributed by atoms with van der Waals surface area (Å²) in [6.07, 6.45) is 0.908. The van der Waals surface area contributed by atoms with E-state index in [1.165, 1.54) is 17.3 Å². The molecule has 0 saturated carbocycles. The van der Waals surface area contributed by atoms with Crippen LogP contribution in [-0.4, -0.2) is 32.5 Å². The van der Waals surface area contributed by atoms with Crippen molar-refractivity contribution in [3.8, 4) is 5.69 Å². The summed E-state index contributed by atoms with van der Waals surface area (Å²) in [6, 6.07) is 16.5. The highest BCUT2D eigenvalue weighted by atomic mass is 32.2. The molecular weight excluding hydrogens is 356 g/mol. The van der Waals surface area contributed by atoms with E-state index in [9.17, 15) is 4.79 Å². The third-order valence-electron chi connectivity index (χ3n) is 4.95. The first-order valence-corrected chi connectivity index (χ1v) is 10.1. The second-order valence-electron chi connectivity index (χ2n) is 6.89. The number of aryl methyl sites for hydroxylation is 2. The first-order valence-electron chi connectivity index (χ1n) is 9.07. The van der Waals surface area contributed by atoms with E-state index in [2.05, 4.69) is 42.2 Å². The Kier molecular flexibility index (Phi) is 4.74. The lowest BCUT2D eigenvalue weighted by molar-refractivity contribution is -0.116. The minimum Gasteiger partial charge on any atom is -0.308 e. The molecule has 1 atom stereocenters. The van der Waals surface area contributed by atoms with Gasteiger partial charge in [-0.3, -0.25) is 9.36 Å². The van der Waals surface area contributed by atoms with Crippen molar-refractivity contribution in [3.63, 3.8) is 0 Å². The van der Waals surface area contributed by atoms with Crippen molar-refractivity contribution in [2.24, 2.45) is 0 Å². The molecule has 0 radical (unpaired) electrons. The molecule has 1 aliphatic rings. The third-order valence-corrected chi connectivity index (χ3v) is 5.87. The zero-order valence-corrected chi connectivity index (χ0v) is 16.5. The first kappa shape index (κ1) is 17.8. The maximum absolute atomic E-state index is 13.0. The Bertz CT molecular complexity index is 997. The Balaban J connectivity index is 1.55. The van der Waals surface area contributed by atoms with Crippen LogP contribution in [-0.2, 0) is 11.2 Å². The number of carbonyl (C=O) groups is 1. The van der Waals surface area contributed by atoms with E-state index in [1.807, 2.05) is 46.7 Å². The van der Waals surface area contributed by atoms with Gasteiger partial charge in [-0.25, -0.2) is 0 Å². The molecular formula is C21H22N4OS. The van der Waals surface area contributed by atoms with Crippen molar-refractivity contribution in [2.45, 2.75) is 38.4 Å². The van der Waals surface area contributed by atoms with Crippen LogP contribution in [0.15, 0.2) is 53.7 Å². The van der Waals surface area contributed by atoms with Crippen LogP contribution < -0.4 is 4.90 Å². The van der Waals surface area contributed by atoms with E-state index in [0.29, 0.717) is 5.75 Å². The molecule has 2 aromatic carbocycles. The second-order valence-corrected chi connectivity index (χ2v) is 7.83. The molecule has 0 bridgehead atoms. The maximum Gasteiger partial charge on any atom is 0.237 e. The average Bonchev–Trinajstić information content (AvgIpc) is 3.19. The zero-order valence-electron chi connectivity index (χ0n) is 15.7. The molecule has 0 saturated heterocycles. The van der Waals surface area contributed by atoms with Crippen LogP contribution in [0.2, 0.25) is 0 Å². The summed E-state index contributed by atoms with van der Waals surface area (Å²) in [5.41, 5.74) is 4.47. The Morgan fingerprint density at radius 3 is 2.56 bits per heavy atom. The highest BCUT2D eigenvalue weighted by Gasteiger charge is 2.30. The SMILES string of the molecule is Cc1ccccc1-n1c(C)nnc1SCC(=O)N1c2ccccc2CC1C. The number of amides is 1. The quantitative estimate of drug-likeness (QED) is 0.645. The third kappa shape index (κ3) is 3.25. The molecule has 138 valence electrons. The number of hydrogen-bond acceptors (Lipinski definition) is 4. The summed E-state index contributed by atoms with van der Waals surface area (Å²) in [4.78, 5) is 14.9. The fourth-order valence-corrected chi connectivity index (χ4v) is 4.52. The molecule has 0 fully saturated rings. The molecule has 0 N–H and O–H groups in total. The molecule has 1 aliphatic heterocycles. The molecule has 1 amide bonds. The number of anilines is 1. The Morgan fingerprint density at radius 2 is 1.78 bits per heavy atom. The van der Waals surface area contributed by atoms with E-state index in [1.54, 1.807) is 0 Å². The van der Waals surface area contributed by atoms with Gasteiger partial charge in [-0.05, 0) is 50.5 Å². The Morgan fingerprint density at radius 1 is 1.07 bits per heavy atom. The van der Waals surface area contributed by atoms with Gasteiger partial charge in [0.1, 0.15) is 5.82 Å². The molecule has 2 heterocycles. The fraction of sp³-hybridized carbons (Fsp3) is 0.286. The van der Waals surface area contributed by atoms with Crippen LogP contribution in [0.1, 0.15) is 23.9 Å². The first-order chi connectivity index (χ1) is 13.1. The summed E-state index contributed by atoms with van der Waals surface area (Å²) < 4.78 is 2.02. The topological polar surface area (TPSA) is 51.0 Å². The predicted molar refractivity (Wildman–Crippen MR) is 109 cm³/mol. The van der Waals surface area contributed by atoms with Crippen LogP contribution in [0.4, 0.5) is 5.69 Å². The van der Waals surface area contributed by atoms with E-state index in [4.69, 9.17) is 0 Å². The van der Waals surface area contributed by atoms with E-state index in [0.717, 1.165) is 34.3 Å². The summed E-state index contributed by atoms with van der Waals surface area (Å²) in [5.74, 6) is 1.26. The van der Waals surface area contributed by atoms with Crippen molar-refractivity contribution in [3.05, 3.63) is 65.5 Å². The van der Waals surface area contributed by atoms with Gasteiger partial charge in [0.2, 0.25) is 5.91 Å². The number of fused-ring (bicyclic) bond motifs is 1. The van der Waals surface area contributed by atoms with E-state index < -0.39 is 0 Å². The largest absolute Gasteiger partial charge is 0.308 e. The van der Waals surface area contributed by atoms with E-state index >= 15 is 0 Å². The van der Waals surface area contributed by atoms with Crippen molar-refractivity contribution < 1.29 is 4.79 Å². The summed E-state index contributed by atoms with van der Waals surface area (Å²) in [5, 5.41) is 9.27. The van der Waals surface area contributed by atoms with Gasteiger partial charge >= 0.3 is 0 Å². The average molecular weight is 379 g/mol. The van der Waals surface area contributed by atoms with Crippen LogP contribution in [0.5, 0.6) is 0 Å². The normalized spacial score (nSPS) is 15.8. The number of para-hydroxylation sites is 2. The standard InChI is InChI=1S/C21H22N4OS/c1-14-8-4-6-10-18(14)25-16(3)22-23-21(25)27-13-20(26)24-15(2)12-17-9-5-7-11-19(17)24/h4-11,15H,12-13H2,1-3H3. The van der Waals surface area contributed by atoms with Crippen LogP contribution >= 0.6 is 11.8 Å². The number of benzene rings is 2. The van der Waals surface area contributed by atoms with Gasteiger partial charge in [0, 0.05) is 11.7 Å². The van der Waals surface area contributed by atoms with Gasteiger partial charge in [-0.2, -0.15) is 0 Å².